The Bertz CT molecular complexity index is 1510. The number of sulfonamides is 1. The van der Waals surface area contributed by atoms with E-state index in [4.69, 9.17) is 11.6 Å². The third kappa shape index (κ3) is 7.42. The Morgan fingerprint density at radius 1 is 0.795 bits per heavy atom. The summed E-state index contributed by atoms with van der Waals surface area (Å²) in [6.07, 6.45) is 3.25. The Morgan fingerprint density at radius 3 is 2.36 bits per heavy atom. The van der Waals surface area contributed by atoms with Gasteiger partial charge in [0, 0.05) is 66.3 Å². The summed E-state index contributed by atoms with van der Waals surface area (Å²) in [6.45, 7) is 5.93. The van der Waals surface area contributed by atoms with E-state index < -0.39 is 10.0 Å². The molecule has 4 rings (SSSR count). The molecule has 0 aliphatic rings. The second-order valence-electron chi connectivity index (χ2n) is 10.0. The van der Waals surface area contributed by atoms with Crippen molar-refractivity contribution in [1.82, 2.24) is 9.62 Å². The molecule has 0 radical (unpaired) electrons. The molecule has 0 saturated heterocycles. The molecule has 0 saturated carbocycles. The molecule has 8 heteroatoms. The largest absolute Gasteiger partial charge is 0.385 e. The highest BCUT2D eigenvalue weighted by Gasteiger charge is 2.18. The highest BCUT2D eigenvalue weighted by molar-refractivity contribution is 7.89. The van der Waals surface area contributed by atoms with Crippen molar-refractivity contribution < 1.29 is 8.42 Å². The van der Waals surface area contributed by atoms with Gasteiger partial charge in [0.2, 0.25) is 10.0 Å². The number of nitrogens with one attached hydrogen (secondary N) is 2. The zero-order valence-corrected chi connectivity index (χ0v) is 24.7. The number of hydrogen-bond donors (Lipinski definition) is 2. The zero-order valence-electron chi connectivity index (χ0n) is 23.1. The van der Waals surface area contributed by atoms with Gasteiger partial charge in [-0.3, -0.25) is 0 Å². The minimum absolute atomic E-state index is 0.327. The molecule has 0 atom stereocenters. The summed E-state index contributed by atoms with van der Waals surface area (Å²) in [4.78, 5) is 4.63. The quantitative estimate of drug-likeness (QED) is 0.168. The van der Waals surface area contributed by atoms with E-state index in [2.05, 4.69) is 46.1 Å². The van der Waals surface area contributed by atoms with Crippen LogP contribution in [0.1, 0.15) is 26.2 Å². The summed E-state index contributed by atoms with van der Waals surface area (Å²) in [5.74, 6) is 0. The van der Waals surface area contributed by atoms with Gasteiger partial charge in [0.05, 0.1) is 4.90 Å². The summed E-state index contributed by atoms with van der Waals surface area (Å²) in [5, 5.41) is 8.31. The minimum Gasteiger partial charge on any atom is -0.385 e. The average molecular weight is 567 g/mol. The predicted octanol–water partition coefficient (Wildman–Crippen LogP) is 6.60. The molecule has 0 amide bonds. The van der Waals surface area contributed by atoms with Crippen LogP contribution in [0.25, 0.3) is 21.5 Å². The van der Waals surface area contributed by atoms with Gasteiger partial charge in [-0.25, -0.2) is 13.1 Å². The first-order valence-electron chi connectivity index (χ1n) is 13.6. The summed E-state index contributed by atoms with van der Waals surface area (Å²) < 4.78 is 29.2. The van der Waals surface area contributed by atoms with E-state index in [1.165, 1.54) is 5.39 Å². The predicted molar refractivity (Wildman–Crippen MR) is 167 cm³/mol. The Balaban J connectivity index is 1.22. The Kier molecular flexibility index (Phi) is 10.1. The van der Waals surface area contributed by atoms with Gasteiger partial charge in [0.25, 0.3) is 0 Å². The number of likely N-dealkylation sites (N-methyl/N-ethyl adjacent to an activating group) is 1. The van der Waals surface area contributed by atoms with Crippen molar-refractivity contribution in [3.05, 3.63) is 77.8 Å². The molecule has 0 bridgehead atoms. The van der Waals surface area contributed by atoms with E-state index in [9.17, 15) is 8.42 Å². The first-order valence-corrected chi connectivity index (χ1v) is 15.5. The maximum atomic E-state index is 13.2. The fourth-order valence-corrected chi connectivity index (χ4v) is 6.42. The van der Waals surface area contributed by atoms with Gasteiger partial charge in [0.15, 0.2) is 0 Å². The lowest BCUT2D eigenvalue weighted by Gasteiger charge is -2.21. The number of hydrogen-bond acceptors (Lipinski definition) is 5. The van der Waals surface area contributed by atoms with E-state index in [0.717, 1.165) is 71.5 Å². The molecule has 0 aliphatic heterocycles. The maximum absolute atomic E-state index is 13.2. The van der Waals surface area contributed by atoms with Gasteiger partial charge in [0.1, 0.15) is 0 Å². The number of benzene rings is 4. The van der Waals surface area contributed by atoms with E-state index in [1.807, 2.05) is 61.5 Å². The number of fused-ring (bicyclic) bond motifs is 2. The van der Waals surface area contributed by atoms with Crippen LogP contribution in [-0.2, 0) is 10.0 Å². The molecule has 6 nitrogen and oxygen atoms in total. The molecule has 39 heavy (non-hydrogen) atoms. The summed E-state index contributed by atoms with van der Waals surface area (Å²) in [7, 11) is 0.307. The van der Waals surface area contributed by atoms with Gasteiger partial charge in [-0.15, -0.1) is 0 Å². The number of nitrogens with zero attached hydrogens (tertiary/aromatic N) is 2. The van der Waals surface area contributed by atoms with Crippen molar-refractivity contribution in [2.75, 3.05) is 57.0 Å². The highest BCUT2D eigenvalue weighted by Crippen LogP contribution is 2.30. The van der Waals surface area contributed by atoms with Crippen LogP contribution in [0.4, 0.5) is 11.4 Å². The molecule has 0 aromatic heterocycles. The van der Waals surface area contributed by atoms with Gasteiger partial charge in [-0.1, -0.05) is 67.4 Å². The van der Waals surface area contributed by atoms with Crippen LogP contribution < -0.4 is 14.9 Å². The van der Waals surface area contributed by atoms with E-state index >= 15 is 0 Å². The van der Waals surface area contributed by atoms with E-state index in [1.54, 1.807) is 6.07 Å². The maximum Gasteiger partial charge on any atom is 0.241 e. The fourth-order valence-electron chi connectivity index (χ4n) is 5.00. The molecule has 4 aromatic carbocycles. The first kappa shape index (κ1) is 29.2. The Hall–Kier alpha value is -2.84. The molecule has 0 fully saturated rings. The van der Waals surface area contributed by atoms with E-state index in [-0.39, 0.29) is 0 Å². The van der Waals surface area contributed by atoms with E-state index in [0.29, 0.717) is 18.0 Å². The van der Waals surface area contributed by atoms with Crippen molar-refractivity contribution in [2.24, 2.45) is 0 Å². The van der Waals surface area contributed by atoms with Crippen molar-refractivity contribution in [3.8, 4) is 0 Å². The lowest BCUT2D eigenvalue weighted by atomic mass is 10.1. The number of unbranched alkanes of at least 4 members (excludes halogenated alkanes) is 2. The smallest absolute Gasteiger partial charge is 0.241 e. The summed E-state index contributed by atoms with van der Waals surface area (Å²) in [5.41, 5.74) is 2.13. The molecule has 0 aliphatic carbocycles. The van der Waals surface area contributed by atoms with Crippen LogP contribution in [0.5, 0.6) is 0 Å². The van der Waals surface area contributed by atoms with Crippen LogP contribution in [0.15, 0.2) is 77.7 Å². The van der Waals surface area contributed by atoms with Crippen molar-refractivity contribution in [3.63, 3.8) is 0 Å². The SMILES string of the molecule is CCN(CCCCCNc1cccc2cc(Cl)ccc12)CCNS(=O)(=O)c1cccc2c(N(C)C)cccc12. The normalized spacial score (nSPS) is 11.9. The fraction of sp³-hybridized carbons (Fsp3) is 0.355. The standard InChI is InChI=1S/C31H39ClN4O2S/c1-4-36(21-7-5-6-19-33-29-14-8-11-24-23-25(32)17-18-26(24)29)22-20-34-39(37,38)31-16-10-12-27-28(31)13-9-15-30(27)35(2)3/h8-18,23,33-34H,4-7,19-22H2,1-3H3. The zero-order chi connectivity index (χ0) is 27.8. The van der Waals surface area contributed by atoms with Crippen LogP contribution >= 0.6 is 11.6 Å². The third-order valence-corrected chi connectivity index (χ3v) is 8.86. The van der Waals surface area contributed by atoms with Crippen molar-refractivity contribution >= 4 is 54.5 Å². The second kappa shape index (κ2) is 13.5. The van der Waals surface area contributed by atoms with Crippen LogP contribution in [0.3, 0.4) is 0 Å². The topological polar surface area (TPSA) is 64.7 Å². The van der Waals surface area contributed by atoms with Gasteiger partial charge in [-0.05, 0) is 61.6 Å². The number of anilines is 2. The lowest BCUT2D eigenvalue weighted by molar-refractivity contribution is 0.286. The molecular formula is C31H39ClN4O2S. The molecule has 0 unspecified atom stereocenters. The molecule has 2 N–H and O–H groups in total. The van der Waals surface area contributed by atoms with Crippen molar-refractivity contribution in [2.45, 2.75) is 31.1 Å². The summed E-state index contributed by atoms with van der Waals surface area (Å²) in [6, 6.07) is 23.5. The van der Waals surface area contributed by atoms with Gasteiger partial charge in [-0.2, -0.15) is 0 Å². The Morgan fingerprint density at radius 2 is 1.56 bits per heavy atom. The van der Waals surface area contributed by atoms with Crippen LogP contribution in [-0.4, -0.2) is 60.1 Å². The van der Waals surface area contributed by atoms with Crippen LogP contribution in [0.2, 0.25) is 5.02 Å². The number of halogens is 1. The molecule has 0 spiro atoms. The molecule has 4 aromatic rings. The monoisotopic (exact) mass is 566 g/mol. The Labute approximate surface area is 238 Å². The number of rotatable bonds is 14. The average Bonchev–Trinajstić information content (AvgIpc) is 2.92. The molecule has 208 valence electrons. The van der Waals surface area contributed by atoms with Crippen LogP contribution in [0, 0.1) is 0 Å². The molecule has 0 heterocycles. The van der Waals surface area contributed by atoms with Gasteiger partial charge >= 0.3 is 0 Å². The first-order chi connectivity index (χ1) is 18.8. The minimum atomic E-state index is -3.62. The van der Waals surface area contributed by atoms with Crippen molar-refractivity contribution in [1.29, 1.82) is 0 Å². The molecular weight excluding hydrogens is 528 g/mol. The second-order valence-corrected chi connectivity index (χ2v) is 12.2. The van der Waals surface area contributed by atoms with Gasteiger partial charge < -0.3 is 15.1 Å². The highest BCUT2D eigenvalue weighted by atomic mass is 35.5. The lowest BCUT2D eigenvalue weighted by Crippen LogP contribution is -2.35. The summed E-state index contributed by atoms with van der Waals surface area (Å²) >= 11 is 6.13. The third-order valence-electron chi connectivity index (χ3n) is 7.11.